The van der Waals surface area contributed by atoms with Crippen LogP contribution in [0.15, 0.2) is 48.7 Å². The Labute approximate surface area is 181 Å². The van der Waals surface area contributed by atoms with Crippen molar-refractivity contribution in [3.63, 3.8) is 0 Å². The fourth-order valence-electron chi connectivity index (χ4n) is 3.77. The molecule has 0 spiro atoms. The molecule has 1 N–H and O–H groups in total. The molecular weight excluding hydrogens is 394 g/mol. The third-order valence-corrected chi connectivity index (χ3v) is 5.28. The summed E-state index contributed by atoms with van der Waals surface area (Å²) in [5, 5.41) is 2.88. The molecule has 4 rings (SSSR count). The zero-order valence-corrected chi connectivity index (χ0v) is 17.8. The predicted molar refractivity (Wildman–Crippen MR) is 120 cm³/mol. The van der Waals surface area contributed by atoms with E-state index in [1.807, 2.05) is 30.5 Å². The molecule has 0 unspecified atom stereocenters. The Morgan fingerprint density at radius 1 is 1.06 bits per heavy atom. The van der Waals surface area contributed by atoms with Crippen LogP contribution in [-0.4, -0.2) is 36.8 Å². The summed E-state index contributed by atoms with van der Waals surface area (Å²) in [6, 6.07) is 11.4. The van der Waals surface area contributed by atoms with Crippen LogP contribution in [0.5, 0.6) is 17.2 Å². The highest BCUT2D eigenvalue weighted by molar-refractivity contribution is 6.02. The molecule has 160 valence electrons. The van der Waals surface area contributed by atoms with Crippen molar-refractivity contribution < 1.29 is 19.0 Å². The molecular formula is C24H25N3O4. The Balaban J connectivity index is 1.44. The number of aryl methyl sites for hydroxylation is 1. The SMILES string of the molecule is COc1cc(/C=C/C(=O)Nc2ccc(-c3cnc4n3CCC4)cc2)cc(OC)c1OC. The van der Waals surface area contributed by atoms with E-state index >= 15 is 0 Å². The minimum absolute atomic E-state index is 0.230. The molecule has 7 nitrogen and oxygen atoms in total. The van der Waals surface area contributed by atoms with Crippen molar-refractivity contribution in [2.24, 2.45) is 0 Å². The number of carbonyl (C=O) groups excluding carboxylic acids is 1. The summed E-state index contributed by atoms with van der Waals surface area (Å²) < 4.78 is 18.3. The number of benzene rings is 2. The maximum atomic E-state index is 12.4. The standard InChI is InChI=1S/C24H25N3O4/c1-29-20-13-16(14-21(30-2)24(20)31-3)6-11-23(28)26-18-9-7-17(8-10-18)19-15-25-22-5-4-12-27(19)22/h6-11,13-15H,4-5,12H2,1-3H3,(H,26,28)/b11-6+. The van der Waals surface area contributed by atoms with Crippen LogP contribution in [0.25, 0.3) is 17.3 Å². The van der Waals surface area contributed by atoms with Gasteiger partial charge in [0.05, 0.1) is 33.2 Å². The lowest BCUT2D eigenvalue weighted by Crippen LogP contribution is -2.07. The van der Waals surface area contributed by atoms with Gasteiger partial charge in [-0.2, -0.15) is 0 Å². The molecule has 3 aromatic rings. The molecule has 31 heavy (non-hydrogen) atoms. The molecule has 1 aliphatic heterocycles. The van der Waals surface area contributed by atoms with Crippen molar-refractivity contribution in [1.82, 2.24) is 9.55 Å². The zero-order valence-electron chi connectivity index (χ0n) is 17.8. The third-order valence-electron chi connectivity index (χ3n) is 5.28. The van der Waals surface area contributed by atoms with Crippen LogP contribution < -0.4 is 19.5 Å². The molecule has 0 saturated heterocycles. The van der Waals surface area contributed by atoms with Crippen molar-refractivity contribution in [3.05, 3.63) is 60.1 Å². The molecule has 1 aliphatic rings. The molecule has 0 bridgehead atoms. The highest BCUT2D eigenvalue weighted by Gasteiger charge is 2.16. The van der Waals surface area contributed by atoms with E-state index in [0.29, 0.717) is 17.2 Å². The van der Waals surface area contributed by atoms with Gasteiger partial charge in [-0.05, 0) is 47.9 Å². The van der Waals surface area contributed by atoms with Gasteiger partial charge in [-0.15, -0.1) is 0 Å². The lowest BCUT2D eigenvalue weighted by Gasteiger charge is -2.12. The summed E-state index contributed by atoms with van der Waals surface area (Å²) in [6.45, 7) is 1.01. The van der Waals surface area contributed by atoms with Gasteiger partial charge in [0.15, 0.2) is 11.5 Å². The zero-order chi connectivity index (χ0) is 21.8. The summed E-state index contributed by atoms with van der Waals surface area (Å²) in [7, 11) is 4.66. The van der Waals surface area contributed by atoms with E-state index in [2.05, 4.69) is 14.9 Å². The summed E-state index contributed by atoms with van der Waals surface area (Å²) in [5.41, 5.74) is 3.69. The summed E-state index contributed by atoms with van der Waals surface area (Å²) in [4.78, 5) is 16.9. The average molecular weight is 419 g/mol. The molecule has 0 saturated carbocycles. The minimum atomic E-state index is -0.230. The first-order valence-corrected chi connectivity index (χ1v) is 10.1. The average Bonchev–Trinajstić information content (AvgIpc) is 3.41. The maximum absolute atomic E-state index is 12.4. The van der Waals surface area contributed by atoms with Gasteiger partial charge in [-0.3, -0.25) is 4.79 Å². The minimum Gasteiger partial charge on any atom is -0.493 e. The Morgan fingerprint density at radius 3 is 2.42 bits per heavy atom. The highest BCUT2D eigenvalue weighted by Crippen LogP contribution is 2.38. The number of aromatic nitrogens is 2. The normalized spacial score (nSPS) is 12.6. The molecule has 0 atom stereocenters. The fourth-order valence-corrected chi connectivity index (χ4v) is 3.77. The third kappa shape index (κ3) is 4.26. The molecule has 0 radical (unpaired) electrons. The van der Waals surface area contributed by atoms with Gasteiger partial charge in [0.25, 0.3) is 0 Å². The number of hydrogen-bond donors (Lipinski definition) is 1. The number of methoxy groups -OCH3 is 3. The number of rotatable bonds is 7. The van der Waals surface area contributed by atoms with Crippen molar-refractivity contribution in [2.45, 2.75) is 19.4 Å². The first kappa shape index (κ1) is 20.5. The molecule has 0 aliphatic carbocycles. The van der Waals surface area contributed by atoms with Crippen molar-refractivity contribution >= 4 is 17.7 Å². The first-order valence-electron chi connectivity index (χ1n) is 10.1. The van der Waals surface area contributed by atoms with Crippen molar-refractivity contribution in [2.75, 3.05) is 26.6 Å². The molecule has 7 heteroatoms. The summed E-state index contributed by atoms with van der Waals surface area (Å²) in [6.07, 6.45) is 7.26. The second-order valence-corrected chi connectivity index (χ2v) is 7.17. The Hall–Kier alpha value is -3.74. The van der Waals surface area contributed by atoms with Crippen LogP contribution in [0.2, 0.25) is 0 Å². The number of anilines is 1. The topological polar surface area (TPSA) is 74.6 Å². The largest absolute Gasteiger partial charge is 0.493 e. The number of hydrogen-bond acceptors (Lipinski definition) is 5. The van der Waals surface area contributed by atoms with Gasteiger partial charge in [0.1, 0.15) is 5.82 Å². The number of imidazole rings is 1. The molecule has 0 fully saturated rings. The quantitative estimate of drug-likeness (QED) is 0.582. The van der Waals surface area contributed by atoms with Crippen molar-refractivity contribution in [1.29, 1.82) is 0 Å². The number of amides is 1. The number of ether oxygens (including phenoxy) is 3. The van der Waals surface area contributed by atoms with E-state index in [1.165, 1.54) is 6.08 Å². The number of carbonyl (C=O) groups is 1. The van der Waals surface area contributed by atoms with E-state index in [0.717, 1.165) is 47.7 Å². The van der Waals surface area contributed by atoms with Gasteiger partial charge >= 0.3 is 0 Å². The molecule has 1 amide bonds. The van der Waals surface area contributed by atoms with E-state index < -0.39 is 0 Å². The van der Waals surface area contributed by atoms with Crippen LogP contribution in [-0.2, 0) is 17.8 Å². The van der Waals surface area contributed by atoms with Crippen LogP contribution >= 0.6 is 0 Å². The number of nitrogens with one attached hydrogen (secondary N) is 1. The van der Waals surface area contributed by atoms with Gasteiger partial charge in [-0.25, -0.2) is 4.98 Å². The summed E-state index contributed by atoms with van der Waals surface area (Å²) >= 11 is 0. The Kier molecular flexibility index (Phi) is 5.93. The van der Waals surface area contributed by atoms with E-state index in [-0.39, 0.29) is 5.91 Å². The Bertz CT molecular complexity index is 1090. The second-order valence-electron chi connectivity index (χ2n) is 7.17. The monoisotopic (exact) mass is 419 g/mol. The van der Waals surface area contributed by atoms with Crippen LogP contribution in [0.4, 0.5) is 5.69 Å². The lowest BCUT2D eigenvalue weighted by molar-refractivity contribution is -0.111. The van der Waals surface area contributed by atoms with Crippen LogP contribution in [0, 0.1) is 0 Å². The maximum Gasteiger partial charge on any atom is 0.248 e. The predicted octanol–water partition coefficient (Wildman–Crippen LogP) is 4.17. The van der Waals surface area contributed by atoms with Crippen LogP contribution in [0.1, 0.15) is 17.8 Å². The van der Waals surface area contributed by atoms with Crippen molar-refractivity contribution in [3.8, 4) is 28.5 Å². The van der Waals surface area contributed by atoms with Gasteiger partial charge in [0, 0.05) is 24.7 Å². The Morgan fingerprint density at radius 2 is 1.77 bits per heavy atom. The van der Waals surface area contributed by atoms with Gasteiger partial charge in [0.2, 0.25) is 11.7 Å². The van der Waals surface area contributed by atoms with Crippen LogP contribution in [0.3, 0.4) is 0 Å². The van der Waals surface area contributed by atoms with Gasteiger partial charge in [-0.1, -0.05) is 12.1 Å². The second kappa shape index (κ2) is 8.95. The molecule has 2 aromatic carbocycles. The smallest absolute Gasteiger partial charge is 0.248 e. The lowest BCUT2D eigenvalue weighted by atomic mass is 10.1. The van der Waals surface area contributed by atoms with E-state index in [9.17, 15) is 4.79 Å². The number of nitrogens with zero attached hydrogens (tertiary/aromatic N) is 2. The van der Waals surface area contributed by atoms with Gasteiger partial charge < -0.3 is 24.1 Å². The van der Waals surface area contributed by atoms with E-state index in [1.54, 1.807) is 39.5 Å². The van der Waals surface area contributed by atoms with E-state index in [4.69, 9.17) is 14.2 Å². The summed E-state index contributed by atoms with van der Waals surface area (Å²) in [5.74, 6) is 2.49. The molecule has 1 aromatic heterocycles. The number of fused-ring (bicyclic) bond motifs is 1. The highest BCUT2D eigenvalue weighted by atomic mass is 16.5. The molecule has 2 heterocycles. The first-order chi connectivity index (χ1) is 15.1. The fraction of sp³-hybridized carbons (Fsp3) is 0.250.